The van der Waals surface area contributed by atoms with E-state index in [1.165, 1.54) is 12.8 Å². The van der Waals surface area contributed by atoms with Gasteiger partial charge in [-0.15, -0.1) is 11.6 Å². The van der Waals surface area contributed by atoms with Crippen LogP contribution in [0.25, 0.3) is 0 Å². The summed E-state index contributed by atoms with van der Waals surface area (Å²) >= 11 is 5.55. The summed E-state index contributed by atoms with van der Waals surface area (Å²) in [7, 11) is 0. The molecule has 70 valence electrons. The fourth-order valence-corrected chi connectivity index (χ4v) is 1.08. The maximum absolute atomic E-state index is 11.3. The summed E-state index contributed by atoms with van der Waals surface area (Å²) in [5, 5.41) is 2.91. The minimum atomic E-state index is -0.0611. The molecular formula is C9H16ClNO. The zero-order valence-electron chi connectivity index (χ0n) is 7.69. The normalized spacial score (nSPS) is 21.6. The van der Waals surface area contributed by atoms with Crippen LogP contribution in [-0.2, 0) is 4.79 Å². The van der Waals surface area contributed by atoms with Crippen LogP contribution >= 0.6 is 11.6 Å². The Bertz CT molecular complexity index is 177. The van der Waals surface area contributed by atoms with E-state index in [9.17, 15) is 4.79 Å². The third-order valence-electron chi connectivity index (χ3n) is 2.47. The predicted molar refractivity (Wildman–Crippen MR) is 50.2 cm³/mol. The minimum Gasteiger partial charge on any atom is -0.355 e. The van der Waals surface area contributed by atoms with Gasteiger partial charge in [0.25, 0.3) is 0 Å². The molecular weight excluding hydrogens is 174 g/mol. The third kappa shape index (κ3) is 2.67. The lowest BCUT2D eigenvalue weighted by atomic mass is 10.1. The lowest BCUT2D eigenvalue weighted by molar-refractivity contribution is -0.124. The summed E-state index contributed by atoms with van der Waals surface area (Å²) in [4.78, 5) is 11.3. The van der Waals surface area contributed by atoms with Crippen LogP contribution in [0.5, 0.6) is 0 Å². The van der Waals surface area contributed by atoms with Gasteiger partial charge in [0.1, 0.15) is 0 Å². The Morgan fingerprint density at radius 3 is 2.67 bits per heavy atom. The first-order chi connectivity index (χ1) is 5.57. The summed E-state index contributed by atoms with van der Waals surface area (Å²) in [6, 6.07) is 0. The van der Waals surface area contributed by atoms with Gasteiger partial charge in [0.2, 0.25) is 5.91 Å². The van der Waals surface area contributed by atoms with E-state index in [0.717, 1.165) is 6.54 Å². The van der Waals surface area contributed by atoms with E-state index in [4.69, 9.17) is 11.6 Å². The van der Waals surface area contributed by atoms with Crippen molar-refractivity contribution >= 4 is 17.5 Å². The fraction of sp³-hybridized carbons (Fsp3) is 0.889. The van der Waals surface area contributed by atoms with Gasteiger partial charge in [0.15, 0.2) is 0 Å². The van der Waals surface area contributed by atoms with E-state index in [2.05, 4.69) is 12.2 Å². The molecule has 0 aliphatic heterocycles. The van der Waals surface area contributed by atoms with Crippen molar-refractivity contribution in [3.63, 3.8) is 0 Å². The van der Waals surface area contributed by atoms with Crippen molar-refractivity contribution in [2.75, 3.05) is 12.4 Å². The van der Waals surface area contributed by atoms with Gasteiger partial charge in [-0.05, 0) is 18.3 Å². The molecule has 1 saturated carbocycles. The monoisotopic (exact) mass is 189 g/mol. The number of carbonyl (C=O) groups excluding carboxylic acids is 1. The molecule has 0 spiro atoms. The van der Waals surface area contributed by atoms with E-state index < -0.39 is 0 Å². The molecule has 0 aromatic rings. The maximum Gasteiger partial charge on any atom is 0.224 e. The van der Waals surface area contributed by atoms with E-state index in [1.54, 1.807) is 0 Å². The second kappa shape index (κ2) is 3.65. The molecule has 0 radical (unpaired) electrons. The number of hydrogen-bond donors (Lipinski definition) is 1. The largest absolute Gasteiger partial charge is 0.355 e. The smallest absolute Gasteiger partial charge is 0.224 e. The Balaban J connectivity index is 2.18. The van der Waals surface area contributed by atoms with E-state index in [-0.39, 0.29) is 11.8 Å². The highest BCUT2D eigenvalue weighted by molar-refractivity contribution is 6.19. The van der Waals surface area contributed by atoms with Gasteiger partial charge in [-0.2, -0.15) is 0 Å². The average Bonchev–Trinajstić information content (AvgIpc) is 2.79. The SMILES string of the molecule is CC(CCl)C(=O)NCC1(C)CC1. The molecule has 0 aromatic heterocycles. The van der Waals surface area contributed by atoms with E-state index in [0.29, 0.717) is 11.3 Å². The Morgan fingerprint density at radius 1 is 1.67 bits per heavy atom. The van der Waals surface area contributed by atoms with Crippen LogP contribution < -0.4 is 5.32 Å². The highest BCUT2D eigenvalue weighted by atomic mass is 35.5. The Kier molecular flexibility index (Phi) is 2.99. The second-order valence-electron chi connectivity index (χ2n) is 4.08. The highest BCUT2D eigenvalue weighted by Crippen LogP contribution is 2.44. The van der Waals surface area contributed by atoms with Crippen LogP contribution in [0.3, 0.4) is 0 Å². The minimum absolute atomic E-state index is 0.0611. The zero-order chi connectivity index (χ0) is 9.19. The van der Waals surface area contributed by atoms with Crippen molar-refractivity contribution in [1.29, 1.82) is 0 Å². The lowest BCUT2D eigenvalue weighted by Gasteiger charge is -2.12. The molecule has 1 atom stereocenters. The molecule has 1 aliphatic carbocycles. The first-order valence-electron chi connectivity index (χ1n) is 4.41. The van der Waals surface area contributed by atoms with Gasteiger partial charge in [-0.1, -0.05) is 13.8 Å². The number of halogens is 1. The van der Waals surface area contributed by atoms with Gasteiger partial charge < -0.3 is 5.32 Å². The molecule has 0 heterocycles. The van der Waals surface area contributed by atoms with Crippen molar-refractivity contribution in [1.82, 2.24) is 5.32 Å². The van der Waals surface area contributed by atoms with Crippen molar-refractivity contribution < 1.29 is 4.79 Å². The van der Waals surface area contributed by atoms with Gasteiger partial charge in [-0.3, -0.25) is 4.79 Å². The van der Waals surface area contributed by atoms with Crippen molar-refractivity contribution in [3.05, 3.63) is 0 Å². The van der Waals surface area contributed by atoms with Crippen molar-refractivity contribution in [3.8, 4) is 0 Å². The molecule has 0 aromatic carbocycles. The Morgan fingerprint density at radius 2 is 2.25 bits per heavy atom. The summed E-state index contributed by atoms with van der Waals surface area (Å²) in [6.45, 7) is 4.85. The first-order valence-corrected chi connectivity index (χ1v) is 4.94. The summed E-state index contributed by atoms with van der Waals surface area (Å²) in [6.07, 6.45) is 2.48. The molecule has 1 N–H and O–H groups in total. The number of nitrogens with one attached hydrogen (secondary N) is 1. The maximum atomic E-state index is 11.3. The number of carbonyl (C=O) groups is 1. The quantitative estimate of drug-likeness (QED) is 0.672. The highest BCUT2D eigenvalue weighted by Gasteiger charge is 2.37. The molecule has 1 unspecified atom stereocenters. The average molecular weight is 190 g/mol. The van der Waals surface area contributed by atoms with Gasteiger partial charge in [0, 0.05) is 18.3 Å². The van der Waals surface area contributed by atoms with Crippen LogP contribution in [0.15, 0.2) is 0 Å². The number of alkyl halides is 1. The van der Waals surface area contributed by atoms with Crippen LogP contribution in [0.2, 0.25) is 0 Å². The molecule has 1 fully saturated rings. The molecule has 12 heavy (non-hydrogen) atoms. The Labute approximate surface area is 78.7 Å². The standard InChI is InChI=1S/C9H16ClNO/c1-7(5-10)8(12)11-6-9(2)3-4-9/h7H,3-6H2,1-2H3,(H,11,12). The van der Waals surface area contributed by atoms with Crippen molar-refractivity contribution in [2.24, 2.45) is 11.3 Å². The topological polar surface area (TPSA) is 29.1 Å². The third-order valence-corrected chi connectivity index (χ3v) is 2.93. The number of rotatable bonds is 4. The Hall–Kier alpha value is -0.240. The lowest BCUT2D eigenvalue weighted by Crippen LogP contribution is -2.33. The second-order valence-corrected chi connectivity index (χ2v) is 4.39. The van der Waals surface area contributed by atoms with E-state index in [1.807, 2.05) is 6.92 Å². The molecule has 2 nitrogen and oxygen atoms in total. The fourth-order valence-electron chi connectivity index (χ4n) is 0.935. The molecule has 1 aliphatic rings. The molecule has 3 heteroatoms. The van der Waals surface area contributed by atoms with Crippen molar-refractivity contribution in [2.45, 2.75) is 26.7 Å². The van der Waals surface area contributed by atoms with Gasteiger partial charge in [0.05, 0.1) is 0 Å². The van der Waals surface area contributed by atoms with Crippen LogP contribution in [-0.4, -0.2) is 18.3 Å². The number of hydrogen-bond acceptors (Lipinski definition) is 1. The molecule has 0 saturated heterocycles. The summed E-state index contributed by atoms with van der Waals surface area (Å²) in [5.41, 5.74) is 0.391. The van der Waals surface area contributed by atoms with E-state index >= 15 is 0 Å². The van der Waals surface area contributed by atoms with Crippen LogP contribution in [0.1, 0.15) is 26.7 Å². The molecule has 1 amide bonds. The summed E-state index contributed by atoms with van der Waals surface area (Å²) < 4.78 is 0. The van der Waals surface area contributed by atoms with Gasteiger partial charge in [-0.25, -0.2) is 0 Å². The molecule has 0 bridgehead atoms. The van der Waals surface area contributed by atoms with Crippen LogP contribution in [0, 0.1) is 11.3 Å². The summed E-state index contributed by atoms with van der Waals surface area (Å²) in [5.74, 6) is 0.426. The predicted octanol–water partition coefficient (Wildman–Crippen LogP) is 1.78. The zero-order valence-corrected chi connectivity index (χ0v) is 8.45. The number of amides is 1. The van der Waals surface area contributed by atoms with Gasteiger partial charge >= 0.3 is 0 Å². The molecule has 1 rings (SSSR count). The first kappa shape index (κ1) is 9.85. The van der Waals surface area contributed by atoms with Crippen LogP contribution in [0.4, 0.5) is 0 Å².